The number of carbonyl (C=O) groups excluding carboxylic acids is 1. The minimum atomic E-state index is -0.723. The maximum absolute atomic E-state index is 13.7. The van der Waals surface area contributed by atoms with Crippen LogP contribution in [0.2, 0.25) is 0 Å². The zero-order valence-corrected chi connectivity index (χ0v) is 21.3. The van der Waals surface area contributed by atoms with Crippen LogP contribution in [-0.4, -0.2) is 29.7 Å². The Hall–Kier alpha value is -2.95. The number of carbonyl (C=O) groups is 1. The highest BCUT2D eigenvalue weighted by atomic mass is 16.3. The van der Waals surface area contributed by atoms with Crippen molar-refractivity contribution in [2.45, 2.75) is 64.1 Å². The number of hydrogen-bond acceptors (Lipinski definition) is 3. The Balaban J connectivity index is 2.11. The first kappa shape index (κ1) is 26.7. The quantitative estimate of drug-likeness (QED) is 0.282. The van der Waals surface area contributed by atoms with Gasteiger partial charge in [-0.15, -0.1) is 0 Å². The Bertz CT molecular complexity index is 909. The number of unbranched alkanes of at least 4 members (excludes halogenated alkanes) is 1. The van der Waals surface area contributed by atoms with E-state index in [2.05, 4.69) is 67.8 Å². The van der Waals surface area contributed by atoms with Gasteiger partial charge in [-0.1, -0.05) is 125 Å². The van der Waals surface area contributed by atoms with Crippen molar-refractivity contribution < 1.29 is 9.90 Å². The van der Waals surface area contributed by atoms with Crippen LogP contribution in [0.1, 0.15) is 63.1 Å². The summed E-state index contributed by atoms with van der Waals surface area (Å²) in [4.78, 5) is 13.7. The second kappa shape index (κ2) is 13.2. The van der Waals surface area contributed by atoms with Crippen molar-refractivity contribution in [1.29, 1.82) is 0 Å². The number of aliphatic hydroxyl groups is 1. The second-order valence-corrected chi connectivity index (χ2v) is 9.70. The number of benzene rings is 3. The summed E-state index contributed by atoms with van der Waals surface area (Å²) in [6.45, 7) is 6.34. The zero-order valence-electron chi connectivity index (χ0n) is 21.3. The predicted molar refractivity (Wildman–Crippen MR) is 144 cm³/mol. The number of hydrogen-bond donors (Lipinski definition) is 3. The van der Waals surface area contributed by atoms with Gasteiger partial charge in [0.25, 0.3) is 0 Å². The molecule has 0 unspecified atom stereocenters. The summed E-state index contributed by atoms with van der Waals surface area (Å²) in [5.74, 6) is 0.238. The fourth-order valence-corrected chi connectivity index (χ4v) is 4.74. The first-order valence-corrected chi connectivity index (χ1v) is 12.9. The van der Waals surface area contributed by atoms with Crippen molar-refractivity contribution in [3.05, 3.63) is 108 Å². The van der Waals surface area contributed by atoms with Crippen molar-refractivity contribution >= 4 is 5.91 Å². The van der Waals surface area contributed by atoms with Gasteiger partial charge in [0.15, 0.2) is 0 Å². The van der Waals surface area contributed by atoms with Crippen molar-refractivity contribution in [1.82, 2.24) is 10.6 Å². The van der Waals surface area contributed by atoms with Crippen molar-refractivity contribution in [3.8, 4) is 0 Å². The molecule has 0 heterocycles. The molecular formula is C31H40N2O2. The van der Waals surface area contributed by atoms with Crippen LogP contribution in [-0.2, 0) is 10.3 Å². The van der Waals surface area contributed by atoms with Gasteiger partial charge in [-0.05, 0) is 35.4 Å². The van der Waals surface area contributed by atoms with Crippen LogP contribution >= 0.6 is 0 Å². The number of amides is 1. The Morgan fingerprint density at radius 1 is 0.829 bits per heavy atom. The Labute approximate surface area is 210 Å². The van der Waals surface area contributed by atoms with E-state index in [9.17, 15) is 9.90 Å². The van der Waals surface area contributed by atoms with E-state index < -0.39 is 11.6 Å². The molecule has 3 aromatic carbocycles. The highest BCUT2D eigenvalue weighted by Gasteiger charge is 2.40. The topological polar surface area (TPSA) is 61.4 Å². The SMILES string of the molecule is CCCC[C@@H](CO)NC(=O)[C@H](CC(C)C)NC(c1ccccc1)(c1ccccc1)c1ccccc1. The van der Waals surface area contributed by atoms with E-state index in [4.69, 9.17) is 0 Å². The van der Waals surface area contributed by atoms with Gasteiger partial charge in [-0.3, -0.25) is 10.1 Å². The molecule has 0 aliphatic carbocycles. The molecule has 1 amide bonds. The molecule has 3 N–H and O–H groups in total. The lowest BCUT2D eigenvalue weighted by atomic mass is 9.76. The summed E-state index contributed by atoms with van der Waals surface area (Å²) in [6, 6.07) is 30.3. The first-order valence-electron chi connectivity index (χ1n) is 12.9. The number of nitrogens with one attached hydrogen (secondary N) is 2. The maximum Gasteiger partial charge on any atom is 0.237 e. The van der Waals surface area contributed by atoms with E-state index in [1.54, 1.807) is 0 Å². The molecule has 0 saturated heterocycles. The molecule has 3 rings (SSSR count). The minimum Gasteiger partial charge on any atom is -0.394 e. The Morgan fingerprint density at radius 2 is 1.29 bits per heavy atom. The van der Waals surface area contributed by atoms with E-state index in [-0.39, 0.29) is 18.6 Å². The second-order valence-electron chi connectivity index (χ2n) is 9.70. The van der Waals surface area contributed by atoms with Gasteiger partial charge >= 0.3 is 0 Å². The van der Waals surface area contributed by atoms with Crippen LogP contribution < -0.4 is 10.6 Å². The lowest BCUT2D eigenvalue weighted by molar-refractivity contribution is -0.125. The molecule has 35 heavy (non-hydrogen) atoms. The van der Waals surface area contributed by atoms with Crippen LogP contribution in [0.4, 0.5) is 0 Å². The third kappa shape index (κ3) is 6.81. The van der Waals surface area contributed by atoms with E-state index in [1.165, 1.54) is 0 Å². The first-order chi connectivity index (χ1) is 17.0. The molecule has 4 nitrogen and oxygen atoms in total. The Kier molecular flexibility index (Phi) is 10.1. The van der Waals surface area contributed by atoms with E-state index >= 15 is 0 Å². The van der Waals surface area contributed by atoms with E-state index in [0.29, 0.717) is 12.3 Å². The van der Waals surface area contributed by atoms with Crippen molar-refractivity contribution in [2.24, 2.45) is 5.92 Å². The summed E-state index contributed by atoms with van der Waals surface area (Å²) < 4.78 is 0. The molecule has 3 aromatic rings. The maximum atomic E-state index is 13.7. The molecule has 0 aliphatic rings. The summed E-state index contributed by atoms with van der Waals surface area (Å²) >= 11 is 0. The van der Waals surface area contributed by atoms with Crippen LogP contribution in [0, 0.1) is 5.92 Å². The van der Waals surface area contributed by atoms with Crippen LogP contribution in [0.15, 0.2) is 91.0 Å². The van der Waals surface area contributed by atoms with Gasteiger partial charge in [-0.2, -0.15) is 0 Å². The van der Waals surface area contributed by atoms with E-state index in [0.717, 1.165) is 36.0 Å². The predicted octanol–water partition coefficient (Wildman–Crippen LogP) is 5.65. The van der Waals surface area contributed by atoms with Gasteiger partial charge in [0.05, 0.1) is 24.2 Å². The molecule has 2 atom stereocenters. The molecule has 0 spiro atoms. The fraction of sp³-hybridized carbons (Fsp3) is 0.387. The standard InChI is InChI=1S/C31H40N2O2/c1-4-5-21-28(23-34)32-30(35)29(22-24(2)3)33-31(25-15-9-6-10-16-25,26-17-11-7-12-18-26)27-19-13-8-14-20-27/h6-20,24,28-29,33-34H,4-5,21-23H2,1-3H3,(H,32,35)/t28-,29-/m0/s1. The van der Waals surface area contributed by atoms with Gasteiger partial charge in [0.1, 0.15) is 0 Å². The number of aliphatic hydroxyl groups excluding tert-OH is 1. The molecule has 0 aromatic heterocycles. The molecule has 0 bridgehead atoms. The number of rotatable bonds is 13. The van der Waals surface area contributed by atoms with E-state index in [1.807, 2.05) is 54.6 Å². The third-order valence-electron chi connectivity index (χ3n) is 6.51. The summed E-state index contributed by atoms with van der Waals surface area (Å²) in [5, 5.41) is 16.9. The van der Waals surface area contributed by atoms with Gasteiger partial charge in [-0.25, -0.2) is 0 Å². The summed E-state index contributed by atoms with van der Waals surface area (Å²) in [6.07, 6.45) is 3.44. The van der Waals surface area contributed by atoms with Crippen LogP contribution in [0.3, 0.4) is 0 Å². The largest absolute Gasteiger partial charge is 0.394 e. The highest BCUT2D eigenvalue weighted by molar-refractivity contribution is 5.82. The van der Waals surface area contributed by atoms with Crippen LogP contribution in [0.5, 0.6) is 0 Å². The normalized spacial score (nSPS) is 13.4. The van der Waals surface area contributed by atoms with Crippen molar-refractivity contribution in [3.63, 3.8) is 0 Å². The lowest BCUT2D eigenvalue weighted by Crippen LogP contribution is -2.57. The molecule has 4 heteroatoms. The van der Waals surface area contributed by atoms with Gasteiger partial charge in [0, 0.05) is 0 Å². The summed E-state index contributed by atoms with van der Waals surface area (Å²) in [5.41, 5.74) is 2.50. The molecule has 0 fully saturated rings. The average Bonchev–Trinajstić information content (AvgIpc) is 2.90. The molecule has 0 saturated carbocycles. The third-order valence-corrected chi connectivity index (χ3v) is 6.51. The van der Waals surface area contributed by atoms with Gasteiger partial charge < -0.3 is 10.4 Å². The monoisotopic (exact) mass is 472 g/mol. The molecule has 0 radical (unpaired) electrons. The lowest BCUT2D eigenvalue weighted by Gasteiger charge is -2.40. The zero-order chi connectivity index (χ0) is 25.1. The fourth-order valence-electron chi connectivity index (χ4n) is 4.74. The molecule has 0 aliphatic heterocycles. The minimum absolute atomic E-state index is 0.0542. The van der Waals surface area contributed by atoms with Crippen LogP contribution in [0.25, 0.3) is 0 Å². The molecular weight excluding hydrogens is 432 g/mol. The Morgan fingerprint density at radius 3 is 1.66 bits per heavy atom. The molecule has 186 valence electrons. The smallest absolute Gasteiger partial charge is 0.237 e. The summed E-state index contributed by atoms with van der Waals surface area (Å²) in [7, 11) is 0. The van der Waals surface area contributed by atoms with Gasteiger partial charge in [0.2, 0.25) is 5.91 Å². The average molecular weight is 473 g/mol. The van der Waals surface area contributed by atoms with Crippen molar-refractivity contribution in [2.75, 3.05) is 6.61 Å². The highest BCUT2D eigenvalue weighted by Crippen LogP contribution is 2.37.